The fourth-order valence-electron chi connectivity index (χ4n) is 0.204. The van der Waals surface area contributed by atoms with Gasteiger partial charge in [-0.25, -0.2) is 0 Å². The molecule has 0 amide bonds. The summed E-state index contributed by atoms with van der Waals surface area (Å²) in [4.78, 5) is 0. The molecule has 0 unspecified atom stereocenters. The molecular formula is C4H14O3. The summed E-state index contributed by atoms with van der Waals surface area (Å²) in [5.41, 5.74) is 0. The third-order valence-electron chi connectivity index (χ3n) is 0.408. The standard InChI is InChI=1S/C4H10O.2H2O/c1-3-5-4-2;;/h3-4H2,1-2H3;2*1H2. The number of hydrogen-bond donors (Lipinski definition) is 0. The summed E-state index contributed by atoms with van der Waals surface area (Å²) in [6, 6.07) is 0. The van der Waals surface area contributed by atoms with Gasteiger partial charge in [-0.15, -0.1) is 0 Å². The molecule has 0 heterocycles. The first-order valence-electron chi connectivity index (χ1n) is 1.99. The SMILES string of the molecule is CCOCC.O.O. The first-order valence-corrected chi connectivity index (χ1v) is 1.99. The molecule has 7 heavy (non-hydrogen) atoms. The quantitative estimate of drug-likeness (QED) is 0.467. The Morgan fingerprint density at radius 1 is 1.00 bits per heavy atom. The fraction of sp³-hybridized carbons (Fsp3) is 1.00. The minimum Gasteiger partial charge on any atom is -0.412 e. The average Bonchev–Trinajstić information content (AvgIpc) is 1.41. The van der Waals surface area contributed by atoms with Crippen LogP contribution < -0.4 is 0 Å². The molecule has 0 spiro atoms. The highest BCUT2D eigenvalue weighted by Gasteiger charge is 1.64. The summed E-state index contributed by atoms with van der Waals surface area (Å²) in [6.07, 6.45) is 0. The van der Waals surface area contributed by atoms with Crippen molar-refractivity contribution in [3.63, 3.8) is 0 Å². The van der Waals surface area contributed by atoms with Gasteiger partial charge < -0.3 is 15.7 Å². The van der Waals surface area contributed by atoms with Gasteiger partial charge in [0.05, 0.1) is 0 Å². The van der Waals surface area contributed by atoms with E-state index in [1.54, 1.807) is 0 Å². The summed E-state index contributed by atoms with van der Waals surface area (Å²) >= 11 is 0. The van der Waals surface area contributed by atoms with Gasteiger partial charge in [-0.05, 0) is 13.8 Å². The molecule has 0 aliphatic rings. The van der Waals surface area contributed by atoms with Gasteiger partial charge in [0, 0.05) is 13.2 Å². The Balaban J connectivity index is -0.0000000800. The lowest BCUT2D eigenvalue weighted by atomic mass is 10.8. The molecule has 48 valence electrons. The molecule has 0 aliphatic heterocycles. The van der Waals surface area contributed by atoms with Gasteiger partial charge in [-0.3, -0.25) is 0 Å². The van der Waals surface area contributed by atoms with Gasteiger partial charge in [0.1, 0.15) is 0 Å². The van der Waals surface area contributed by atoms with E-state index in [4.69, 9.17) is 4.74 Å². The molecule has 0 fully saturated rings. The first kappa shape index (κ1) is 15.8. The summed E-state index contributed by atoms with van der Waals surface area (Å²) in [6.45, 7) is 5.67. The maximum Gasteiger partial charge on any atom is 0.0437 e. The molecule has 4 N–H and O–H groups in total. The molecule has 0 radical (unpaired) electrons. The molecular weight excluding hydrogens is 96.0 g/mol. The Hall–Kier alpha value is -0.120. The Labute approximate surface area is 43.9 Å². The molecule has 0 aromatic rings. The zero-order valence-corrected chi connectivity index (χ0v) is 4.82. The zero-order valence-electron chi connectivity index (χ0n) is 4.82. The Bertz CT molecular complexity index is 14.4. The van der Waals surface area contributed by atoms with Crippen LogP contribution in [0, 0.1) is 0 Å². The molecule has 3 heteroatoms. The van der Waals surface area contributed by atoms with Crippen molar-refractivity contribution in [3.05, 3.63) is 0 Å². The normalized spacial score (nSPS) is 6.00. The van der Waals surface area contributed by atoms with E-state index in [9.17, 15) is 0 Å². The smallest absolute Gasteiger partial charge is 0.0437 e. The van der Waals surface area contributed by atoms with Crippen LogP contribution in [0.3, 0.4) is 0 Å². The second kappa shape index (κ2) is 16.9. The molecule has 0 aliphatic carbocycles. The highest BCUT2D eigenvalue weighted by atomic mass is 16.5. The first-order chi connectivity index (χ1) is 2.41. The largest absolute Gasteiger partial charge is 0.412 e. The number of hydrogen-bond acceptors (Lipinski definition) is 1. The van der Waals surface area contributed by atoms with Crippen molar-refractivity contribution in [2.24, 2.45) is 0 Å². The summed E-state index contributed by atoms with van der Waals surface area (Å²) < 4.78 is 4.83. The Morgan fingerprint density at radius 3 is 1.29 bits per heavy atom. The van der Waals surface area contributed by atoms with Crippen molar-refractivity contribution in [3.8, 4) is 0 Å². The lowest BCUT2D eigenvalue weighted by Gasteiger charge is -1.86. The van der Waals surface area contributed by atoms with Crippen LogP contribution in [-0.4, -0.2) is 24.2 Å². The van der Waals surface area contributed by atoms with Crippen molar-refractivity contribution in [2.75, 3.05) is 13.2 Å². The van der Waals surface area contributed by atoms with Crippen LogP contribution in [0.4, 0.5) is 0 Å². The highest BCUT2D eigenvalue weighted by molar-refractivity contribution is 4.07. The van der Waals surface area contributed by atoms with E-state index in [0.717, 1.165) is 13.2 Å². The van der Waals surface area contributed by atoms with Crippen LogP contribution in [0.25, 0.3) is 0 Å². The van der Waals surface area contributed by atoms with E-state index in [0.29, 0.717) is 0 Å². The van der Waals surface area contributed by atoms with Gasteiger partial charge >= 0.3 is 0 Å². The third-order valence-corrected chi connectivity index (χ3v) is 0.408. The maximum atomic E-state index is 4.83. The van der Waals surface area contributed by atoms with Crippen molar-refractivity contribution in [1.29, 1.82) is 0 Å². The maximum absolute atomic E-state index is 4.83. The summed E-state index contributed by atoms with van der Waals surface area (Å²) in [5, 5.41) is 0. The van der Waals surface area contributed by atoms with Gasteiger partial charge in [0.25, 0.3) is 0 Å². The molecule has 0 rings (SSSR count). The summed E-state index contributed by atoms with van der Waals surface area (Å²) in [7, 11) is 0. The van der Waals surface area contributed by atoms with Gasteiger partial charge in [0.2, 0.25) is 0 Å². The topological polar surface area (TPSA) is 72.2 Å². The van der Waals surface area contributed by atoms with E-state index in [2.05, 4.69) is 0 Å². The van der Waals surface area contributed by atoms with E-state index in [1.165, 1.54) is 0 Å². The Kier molecular flexibility index (Phi) is 38.1. The van der Waals surface area contributed by atoms with Crippen LogP contribution in [0.15, 0.2) is 0 Å². The van der Waals surface area contributed by atoms with Crippen LogP contribution >= 0.6 is 0 Å². The van der Waals surface area contributed by atoms with E-state index < -0.39 is 0 Å². The van der Waals surface area contributed by atoms with Gasteiger partial charge in [-0.2, -0.15) is 0 Å². The third kappa shape index (κ3) is 25.0. The summed E-state index contributed by atoms with van der Waals surface area (Å²) in [5.74, 6) is 0. The van der Waals surface area contributed by atoms with Crippen LogP contribution in [-0.2, 0) is 4.74 Å². The van der Waals surface area contributed by atoms with Crippen molar-refractivity contribution >= 4 is 0 Å². The van der Waals surface area contributed by atoms with Gasteiger partial charge in [-0.1, -0.05) is 0 Å². The average molecular weight is 110 g/mol. The number of rotatable bonds is 2. The molecule has 3 nitrogen and oxygen atoms in total. The predicted octanol–water partition coefficient (Wildman–Crippen LogP) is -0.607. The van der Waals surface area contributed by atoms with Crippen LogP contribution in [0.1, 0.15) is 13.8 Å². The molecule has 0 aromatic carbocycles. The fourth-order valence-corrected chi connectivity index (χ4v) is 0.204. The zero-order chi connectivity index (χ0) is 4.12. The monoisotopic (exact) mass is 110 g/mol. The molecule has 0 aromatic heterocycles. The minimum atomic E-state index is 0. The van der Waals surface area contributed by atoms with Crippen molar-refractivity contribution < 1.29 is 15.7 Å². The highest BCUT2D eigenvalue weighted by Crippen LogP contribution is 1.64. The van der Waals surface area contributed by atoms with E-state index >= 15 is 0 Å². The second-order valence-electron chi connectivity index (χ2n) is 0.781. The Morgan fingerprint density at radius 2 is 1.29 bits per heavy atom. The van der Waals surface area contributed by atoms with E-state index in [-0.39, 0.29) is 11.0 Å². The molecule has 0 saturated heterocycles. The van der Waals surface area contributed by atoms with Crippen LogP contribution in [0.2, 0.25) is 0 Å². The number of ether oxygens (including phenoxy) is 1. The second-order valence-corrected chi connectivity index (χ2v) is 0.781. The van der Waals surface area contributed by atoms with Crippen LogP contribution in [0.5, 0.6) is 0 Å². The lowest BCUT2D eigenvalue weighted by molar-refractivity contribution is 0.162. The molecule has 0 atom stereocenters. The van der Waals surface area contributed by atoms with Gasteiger partial charge in [0.15, 0.2) is 0 Å². The van der Waals surface area contributed by atoms with Crippen molar-refractivity contribution in [2.45, 2.75) is 13.8 Å². The molecule has 0 saturated carbocycles. The lowest BCUT2D eigenvalue weighted by Crippen LogP contribution is -1.84. The van der Waals surface area contributed by atoms with Crippen molar-refractivity contribution in [1.82, 2.24) is 0 Å². The molecule has 0 bridgehead atoms. The predicted molar refractivity (Wildman–Crippen MR) is 29.4 cm³/mol. The van der Waals surface area contributed by atoms with E-state index in [1.807, 2.05) is 13.8 Å². The minimum absolute atomic E-state index is 0.